The van der Waals surface area contributed by atoms with Gasteiger partial charge in [-0.1, -0.05) is 17.7 Å². The van der Waals surface area contributed by atoms with Crippen LogP contribution in [-0.2, 0) is 0 Å². The number of allylic oxidation sites excluding steroid dienone is 2. The molecule has 0 amide bonds. The van der Waals surface area contributed by atoms with Crippen LogP contribution in [-0.4, -0.2) is 0 Å². The first-order valence-electron chi connectivity index (χ1n) is 4.27. The third kappa shape index (κ3) is 3.20. The molecule has 1 rings (SSSR count). The fraction of sp³-hybridized carbons (Fsp3) is 0.182. The van der Waals surface area contributed by atoms with Crippen molar-refractivity contribution in [1.29, 1.82) is 5.26 Å². The quantitative estimate of drug-likeness (QED) is 0.513. The highest BCUT2D eigenvalue weighted by Crippen LogP contribution is 2.13. The van der Waals surface area contributed by atoms with Crippen molar-refractivity contribution in [2.24, 2.45) is 10.2 Å². The summed E-state index contributed by atoms with van der Waals surface area (Å²) in [4.78, 5) is 0. The Labute approximate surface area is 83.4 Å². The van der Waals surface area contributed by atoms with E-state index in [0.717, 1.165) is 5.69 Å². The normalized spacial score (nSPS) is 11.6. The molecular weight excluding hydrogens is 174 g/mol. The summed E-state index contributed by atoms with van der Waals surface area (Å²) in [7, 11) is 0. The van der Waals surface area contributed by atoms with E-state index >= 15 is 0 Å². The molecule has 1 aromatic carbocycles. The maximum Gasteiger partial charge on any atom is 0.0931 e. The van der Waals surface area contributed by atoms with Crippen LogP contribution >= 0.6 is 0 Å². The zero-order valence-electron chi connectivity index (χ0n) is 8.23. The van der Waals surface area contributed by atoms with Gasteiger partial charge in [-0.05, 0) is 26.0 Å². The Morgan fingerprint density at radius 1 is 1.36 bits per heavy atom. The molecule has 0 spiro atoms. The number of benzene rings is 1. The molecule has 0 heterocycles. The van der Waals surface area contributed by atoms with Gasteiger partial charge in [0, 0.05) is 6.08 Å². The average Bonchev–Trinajstić information content (AvgIpc) is 2.17. The van der Waals surface area contributed by atoms with Crippen LogP contribution in [0.1, 0.15) is 12.5 Å². The second-order valence-corrected chi connectivity index (χ2v) is 2.95. The SMILES string of the molecule is C/C(=C\C#N)N=Nc1ccc(C)cc1. The van der Waals surface area contributed by atoms with Crippen LogP contribution in [0.5, 0.6) is 0 Å². The second kappa shape index (κ2) is 4.93. The van der Waals surface area contributed by atoms with E-state index in [2.05, 4.69) is 10.2 Å². The molecule has 0 N–H and O–H groups in total. The lowest BCUT2D eigenvalue weighted by atomic mass is 10.2. The van der Waals surface area contributed by atoms with Crippen molar-refractivity contribution >= 4 is 5.69 Å². The topological polar surface area (TPSA) is 48.5 Å². The van der Waals surface area contributed by atoms with E-state index in [1.165, 1.54) is 11.6 Å². The summed E-state index contributed by atoms with van der Waals surface area (Å²) in [6.45, 7) is 3.75. The average molecular weight is 185 g/mol. The summed E-state index contributed by atoms with van der Waals surface area (Å²) >= 11 is 0. The van der Waals surface area contributed by atoms with Gasteiger partial charge in [-0.15, -0.1) is 0 Å². The van der Waals surface area contributed by atoms with Crippen molar-refractivity contribution in [3.63, 3.8) is 0 Å². The molecule has 0 saturated carbocycles. The lowest BCUT2D eigenvalue weighted by molar-refractivity contribution is 1.13. The van der Waals surface area contributed by atoms with Gasteiger partial charge >= 0.3 is 0 Å². The summed E-state index contributed by atoms with van der Waals surface area (Å²) in [6, 6.07) is 9.61. The van der Waals surface area contributed by atoms with E-state index in [4.69, 9.17) is 5.26 Å². The van der Waals surface area contributed by atoms with Gasteiger partial charge in [-0.25, -0.2) is 0 Å². The highest BCUT2D eigenvalue weighted by molar-refractivity contribution is 5.37. The number of hydrogen-bond acceptors (Lipinski definition) is 3. The molecule has 0 bridgehead atoms. The minimum absolute atomic E-state index is 0.605. The van der Waals surface area contributed by atoms with Crippen molar-refractivity contribution in [1.82, 2.24) is 0 Å². The zero-order chi connectivity index (χ0) is 10.4. The van der Waals surface area contributed by atoms with E-state index < -0.39 is 0 Å². The molecule has 0 radical (unpaired) electrons. The van der Waals surface area contributed by atoms with Crippen LogP contribution in [0.3, 0.4) is 0 Å². The molecule has 0 aliphatic rings. The molecular formula is C11H11N3. The fourth-order valence-electron chi connectivity index (χ4n) is 0.870. The Bertz CT molecular complexity index is 394. The van der Waals surface area contributed by atoms with Crippen molar-refractivity contribution in [3.8, 4) is 6.07 Å². The minimum Gasteiger partial charge on any atom is -0.193 e. The highest BCUT2D eigenvalue weighted by atomic mass is 15.1. The molecule has 3 heteroatoms. The summed E-state index contributed by atoms with van der Waals surface area (Å²) < 4.78 is 0. The number of rotatable bonds is 2. The summed E-state index contributed by atoms with van der Waals surface area (Å²) in [5.74, 6) is 0. The molecule has 70 valence electrons. The maximum atomic E-state index is 8.34. The number of aryl methyl sites for hydroxylation is 1. The van der Waals surface area contributed by atoms with Gasteiger partial charge in [0.2, 0.25) is 0 Å². The number of azo groups is 1. The first-order valence-corrected chi connectivity index (χ1v) is 4.27. The Kier molecular flexibility index (Phi) is 3.57. The third-order valence-corrected chi connectivity index (χ3v) is 1.63. The molecule has 14 heavy (non-hydrogen) atoms. The van der Waals surface area contributed by atoms with Crippen LogP contribution in [0, 0.1) is 18.3 Å². The van der Waals surface area contributed by atoms with Gasteiger partial charge in [0.05, 0.1) is 17.5 Å². The van der Waals surface area contributed by atoms with Crippen LogP contribution < -0.4 is 0 Å². The van der Waals surface area contributed by atoms with E-state index in [1.807, 2.05) is 37.3 Å². The lowest BCUT2D eigenvalue weighted by Gasteiger charge is -1.92. The monoisotopic (exact) mass is 185 g/mol. The minimum atomic E-state index is 0.605. The van der Waals surface area contributed by atoms with E-state index in [0.29, 0.717) is 5.70 Å². The van der Waals surface area contributed by atoms with E-state index in [9.17, 15) is 0 Å². The Morgan fingerprint density at radius 3 is 2.57 bits per heavy atom. The smallest absolute Gasteiger partial charge is 0.0931 e. The largest absolute Gasteiger partial charge is 0.193 e. The van der Waals surface area contributed by atoms with E-state index in [1.54, 1.807) is 6.92 Å². The molecule has 0 saturated heterocycles. The predicted molar refractivity (Wildman–Crippen MR) is 55.1 cm³/mol. The van der Waals surface area contributed by atoms with E-state index in [-0.39, 0.29) is 0 Å². The van der Waals surface area contributed by atoms with Gasteiger partial charge in [-0.2, -0.15) is 15.5 Å². The Balaban J connectivity index is 2.75. The standard InChI is InChI=1S/C11H11N3/c1-9-3-5-11(6-4-9)14-13-10(2)7-8-12/h3-7H,1-2H3/b10-7+,14-13?. The van der Waals surface area contributed by atoms with Crippen LogP contribution in [0.15, 0.2) is 46.3 Å². The van der Waals surface area contributed by atoms with Gasteiger partial charge in [0.25, 0.3) is 0 Å². The van der Waals surface area contributed by atoms with Crippen molar-refractivity contribution in [3.05, 3.63) is 41.6 Å². The fourth-order valence-corrected chi connectivity index (χ4v) is 0.870. The Morgan fingerprint density at radius 2 is 2.00 bits per heavy atom. The second-order valence-electron chi connectivity index (χ2n) is 2.95. The van der Waals surface area contributed by atoms with Crippen molar-refractivity contribution in [2.45, 2.75) is 13.8 Å². The van der Waals surface area contributed by atoms with Crippen LogP contribution in [0.2, 0.25) is 0 Å². The third-order valence-electron chi connectivity index (χ3n) is 1.63. The number of nitriles is 1. The van der Waals surface area contributed by atoms with Gasteiger partial charge < -0.3 is 0 Å². The van der Waals surface area contributed by atoms with Gasteiger partial charge in [0.15, 0.2) is 0 Å². The summed E-state index contributed by atoms with van der Waals surface area (Å²) in [5.41, 5.74) is 2.59. The summed E-state index contributed by atoms with van der Waals surface area (Å²) in [6.07, 6.45) is 1.36. The molecule has 3 nitrogen and oxygen atoms in total. The molecule has 0 aliphatic carbocycles. The maximum absolute atomic E-state index is 8.34. The molecule has 0 fully saturated rings. The van der Waals surface area contributed by atoms with Crippen LogP contribution in [0.25, 0.3) is 0 Å². The first-order chi connectivity index (χ1) is 6.72. The molecule has 0 atom stereocenters. The molecule has 0 unspecified atom stereocenters. The van der Waals surface area contributed by atoms with Crippen LogP contribution in [0.4, 0.5) is 5.69 Å². The highest BCUT2D eigenvalue weighted by Gasteiger charge is 1.88. The van der Waals surface area contributed by atoms with Gasteiger partial charge in [0.1, 0.15) is 0 Å². The number of nitrogens with zero attached hydrogens (tertiary/aromatic N) is 3. The molecule has 0 aliphatic heterocycles. The molecule has 1 aromatic rings. The zero-order valence-corrected chi connectivity index (χ0v) is 8.23. The predicted octanol–water partition coefficient (Wildman–Crippen LogP) is 3.51. The number of hydrogen-bond donors (Lipinski definition) is 0. The van der Waals surface area contributed by atoms with Crippen molar-refractivity contribution in [2.75, 3.05) is 0 Å². The lowest BCUT2D eigenvalue weighted by Crippen LogP contribution is -1.69. The summed E-state index contributed by atoms with van der Waals surface area (Å²) in [5, 5.41) is 16.2. The first kappa shape index (κ1) is 10.1. The van der Waals surface area contributed by atoms with Gasteiger partial charge in [-0.3, -0.25) is 0 Å². The Hall–Kier alpha value is -1.95. The van der Waals surface area contributed by atoms with Crippen molar-refractivity contribution < 1.29 is 0 Å². The molecule has 0 aromatic heterocycles.